The van der Waals surface area contributed by atoms with E-state index in [0.717, 1.165) is 16.9 Å². The quantitative estimate of drug-likeness (QED) is 0.843. The average molecular weight is 276 g/mol. The lowest BCUT2D eigenvalue weighted by molar-refractivity contribution is 0.103. The smallest absolute Gasteiger partial charge is 0.266 e. The van der Waals surface area contributed by atoms with E-state index in [1.807, 2.05) is 18.4 Å². The molecule has 4 nitrogen and oxygen atoms in total. The molecule has 0 aliphatic heterocycles. The Morgan fingerprint density at radius 2 is 2.21 bits per heavy atom. The summed E-state index contributed by atoms with van der Waals surface area (Å²) in [6.45, 7) is 2.03. The normalized spacial score (nSPS) is 10.2. The summed E-state index contributed by atoms with van der Waals surface area (Å²) in [5.41, 5.74) is 8.02. The van der Waals surface area contributed by atoms with Crippen molar-refractivity contribution in [1.82, 2.24) is 0 Å². The van der Waals surface area contributed by atoms with Gasteiger partial charge in [0.05, 0.1) is 23.4 Å². The summed E-state index contributed by atoms with van der Waals surface area (Å²) in [4.78, 5) is 12.9. The molecule has 0 fully saturated rings. The highest BCUT2D eigenvalue weighted by atomic mass is 32.1. The molecule has 2 aromatic rings. The molecule has 2 rings (SSSR count). The molecule has 0 saturated carbocycles. The zero-order valence-corrected chi connectivity index (χ0v) is 11.7. The summed E-state index contributed by atoms with van der Waals surface area (Å²) in [5.74, 6) is 0.546. The molecule has 0 unspecified atom stereocenters. The summed E-state index contributed by atoms with van der Waals surface area (Å²) >= 11 is 1.44. The zero-order chi connectivity index (χ0) is 13.8. The maximum atomic E-state index is 12.2. The highest BCUT2D eigenvalue weighted by Gasteiger charge is 2.13. The van der Waals surface area contributed by atoms with Crippen molar-refractivity contribution in [2.45, 2.75) is 13.3 Å². The Morgan fingerprint density at radius 3 is 2.84 bits per heavy atom. The lowest BCUT2D eigenvalue weighted by atomic mass is 10.2. The molecule has 0 bridgehead atoms. The van der Waals surface area contributed by atoms with Crippen LogP contribution in [0.15, 0.2) is 29.6 Å². The van der Waals surface area contributed by atoms with Gasteiger partial charge in [-0.25, -0.2) is 0 Å². The van der Waals surface area contributed by atoms with Gasteiger partial charge in [0.15, 0.2) is 0 Å². The van der Waals surface area contributed by atoms with Gasteiger partial charge < -0.3 is 15.8 Å². The Hall–Kier alpha value is -2.01. The summed E-state index contributed by atoms with van der Waals surface area (Å²) in [5, 5.41) is 4.75. The van der Waals surface area contributed by atoms with Crippen molar-refractivity contribution in [2.75, 3.05) is 18.2 Å². The highest BCUT2D eigenvalue weighted by Crippen LogP contribution is 2.26. The summed E-state index contributed by atoms with van der Waals surface area (Å²) in [6, 6.07) is 7.16. The van der Waals surface area contributed by atoms with Crippen LogP contribution < -0.4 is 15.8 Å². The van der Waals surface area contributed by atoms with Crippen LogP contribution in [0.4, 0.5) is 11.4 Å². The van der Waals surface area contributed by atoms with E-state index in [4.69, 9.17) is 10.5 Å². The fourth-order valence-electron chi connectivity index (χ4n) is 1.77. The third kappa shape index (κ3) is 2.88. The van der Waals surface area contributed by atoms with E-state index in [9.17, 15) is 4.79 Å². The SMILES string of the molecule is CCc1ccsc1C(=O)Nc1ccc(OC)cc1N. The van der Waals surface area contributed by atoms with Gasteiger partial charge in [0, 0.05) is 6.07 Å². The Morgan fingerprint density at radius 1 is 1.42 bits per heavy atom. The van der Waals surface area contributed by atoms with Crippen LogP contribution in [0.3, 0.4) is 0 Å². The molecule has 5 heteroatoms. The molecule has 1 aromatic carbocycles. The van der Waals surface area contributed by atoms with Crippen molar-refractivity contribution >= 4 is 28.6 Å². The van der Waals surface area contributed by atoms with E-state index in [1.165, 1.54) is 11.3 Å². The van der Waals surface area contributed by atoms with Gasteiger partial charge in [-0.1, -0.05) is 6.92 Å². The van der Waals surface area contributed by atoms with Crippen LogP contribution in [0.5, 0.6) is 5.75 Å². The van der Waals surface area contributed by atoms with Gasteiger partial charge in [0.25, 0.3) is 5.91 Å². The molecule has 1 amide bonds. The molecule has 100 valence electrons. The predicted octanol–water partition coefficient (Wildman–Crippen LogP) is 3.15. The Kier molecular flexibility index (Phi) is 4.06. The van der Waals surface area contributed by atoms with Crippen molar-refractivity contribution in [2.24, 2.45) is 0 Å². The van der Waals surface area contributed by atoms with Crippen LogP contribution in [-0.4, -0.2) is 13.0 Å². The number of nitrogens with two attached hydrogens (primary N) is 1. The van der Waals surface area contributed by atoms with Gasteiger partial charge in [-0.15, -0.1) is 11.3 Å². The molecule has 0 spiro atoms. The van der Waals surface area contributed by atoms with Crippen LogP contribution in [0.1, 0.15) is 22.2 Å². The maximum absolute atomic E-state index is 12.2. The van der Waals surface area contributed by atoms with Crippen molar-refractivity contribution in [3.05, 3.63) is 40.1 Å². The van der Waals surface area contributed by atoms with Crippen LogP contribution in [0.25, 0.3) is 0 Å². The van der Waals surface area contributed by atoms with Gasteiger partial charge in [-0.2, -0.15) is 0 Å². The lowest BCUT2D eigenvalue weighted by Gasteiger charge is -2.09. The number of anilines is 2. The third-order valence-corrected chi connectivity index (χ3v) is 3.80. The Bertz CT molecular complexity index is 593. The number of benzene rings is 1. The number of amides is 1. The Labute approximate surface area is 116 Å². The first kappa shape index (κ1) is 13.4. The monoisotopic (exact) mass is 276 g/mol. The van der Waals surface area contributed by atoms with Crippen LogP contribution >= 0.6 is 11.3 Å². The number of methoxy groups -OCH3 is 1. The zero-order valence-electron chi connectivity index (χ0n) is 10.9. The molecule has 0 aliphatic carbocycles. The van der Waals surface area contributed by atoms with E-state index in [-0.39, 0.29) is 5.91 Å². The lowest BCUT2D eigenvalue weighted by Crippen LogP contribution is -2.13. The van der Waals surface area contributed by atoms with Crippen molar-refractivity contribution in [3.63, 3.8) is 0 Å². The third-order valence-electron chi connectivity index (χ3n) is 2.84. The number of nitrogen functional groups attached to an aromatic ring is 1. The van der Waals surface area contributed by atoms with Crippen molar-refractivity contribution in [1.29, 1.82) is 0 Å². The molecule has 0 aliphatic rings. The number of aryl methyl sites for hydroxylation is 1. The fourth-order valence-corrected chi connectivity index (χ4v) is 2.66. The molecule has 0 saturated heterocycles. The van der Waals surface area contributed by atoms with E-state index >= 15 is 0 Å². The summed E-state index contributed by atoms with van der Waals surface area (Å²) in [6.07, 6.45) is 0.838. The maximum Gasteiger partial charge on any atom is 0.266 e. The molecule has 1 aromatic heterocycles. The number of hydrogen-bond acceptors (Lipinski definition) is 4. The van der Waals surface area contributed by atoms with Crippen LogP contribution in [0.2, 0.25) is 0 Å². The van der Waals surface area contributed by atoms with Gasteiger partial charge in [0.1, 0.15) is 5.75 Å². The minimum Gasteiger partial charge on any atom is -0.497 e. The number of thiophene rings is 1. The first-order chi connectivity index (χ1) is 9.15. The number of carbonyl (C=O) groups excluding carboxylic acids is 1. The van der Waals surface area contributed by atoms with E-state index < -0.39 is 0 Å². The van der Waals surface area contributed by atoms with Gasteiger partial charge in [-0.3, -0.25) is 4.79 Å². The number of ether oxygens (including phenoxy) is 1. The number of nitrogens with one attached hydrogen (secondary N) is 1. The molecule has 0 atom stereocenters. The van der Waals surface area contributed by atoms with E-state index in [2.05, 4.69) is 5.32 Å². The Balaban J connectivity index is 2.19. The van der Waals surface area contributed by atoms with Gasteiger partial charge in [0.2, 0.25) is 0 Å². The second kappa shape index (κ2) is 5.75. The minimum atomic E-state index is -0.122. The molecule has 19 heavy (non-hydrogen) atoms. The number of carbonyl (C=O) groups is 1. The van der Waals surface area contributed by atoms with Crippen LogP contribution in [-0.2, 0) is 6.42 Å². The second-order valence-corrected chi connectivity index (χ2v) is 4.95. The van der Waals surface area contributed by atoms with Gasteiger partial charge in [-0.05, 0) is 35.6 Å². The molecule has 3 N–H and O–H groups in total. The van der Waals surface area contributed by atoms with E-state index in [1.54, 1.807) is 25.3 Å². The molecular formula is C14H16N2O2S. The summed E-state index contributed by atoms with van der Waals surface area (Å²) < 4.78 is 5.07. The topological polar surface area (TPSA) is 64.3 Å². The number of hydrogen-bond donors (Lipinski definition) is 2. The first-order valence-corrected chi connectivity index (χ1v) is 6.85. The van der Waals surface area contributed by atoms with Crippen molar-refractivity contribution in [3.8, 4) is 5.75 Å². The van der Waals surface area contributed by atoms with Gasteiger partial charge >= 0.3 is 0 Å². The molecule has 1 heterocycles. The largest absolute Gasteiger partial charge is 0.497 e. The number of rotatable bonds is 4. The molecule has 0 radical (unpaired) electrons. The highest BCUT2D eigenvalue weighted by molar-refractivity contribution is 7.12. The minimum absolute atomic E-state index is 0.122. The molecular weight excluding hydrogens is 260 g/mol. The second-order valence-electron chi connectivity index (χ2n) is 4.04. The summed E-state index contributed by atoms with van der Waals surface area (Å²) in [7, 11) is 1.58. The van der Waals surface area contributed by atoms with Crippen molar-refractivity contribution < 1.29 is 9.53 Å². The first-order valence-electron chi connectivity index (χ1n) is 5.97. The average Bonchev–Trinajstić information content (AvgIpc) is 2.89. The predicted molar refractivity (Wildman–Crippen MR) is 79.1 cm³/mol. The standard InChI is InChI=1S/C14H16N2O2S/c1-3-9-6-7-19-13(9)14(17)16-12-5-4-10(18-2)8-11(12)15/h4-8H,3,15H2,1-2H3,(H,16,17). The van der Waals surface area contributed by atoms with Crippen LogP contribution in [0, 0.1) is 0 Å². The van der Waals surface area contributed by atoms with E-state index in [0.29, 0.717) is 17.1 Å². The fraction of sp³-hybridized carbons (Fsp3) is 0.214.